The van der Waals surface area contributed by atoms with E-state index in [1.165, 1.54) is 0 Å². The molecule has 2 N–H and O–H groups in total. The molecule has 0 radical (unpaired) electrons. The van der Waals surface area contributed by atoms with Gasteiger partial charge in [0.25, 0.3) is 0 Å². The second-order valence-corrected chi connectivity index (χ2v) is 4.47. The van der Waals surface area contributed by atoms with Crippen LogP contribution in [0.1, 0.15) is 31.2 Å². The molecule has 5 nitrogen and oxygen atoms in total. The molecule has 90 valence electrons. The lowest BCUT2D eigenvalue weighted by Gasteiger charge is -2.30. The van der Waals surface area contributed by atoms with Crippen molar-refractivity contribution in [1.29, 1.82) is 5.26 Å². The minimum atomic E-state index is 0.331. The number of hydrogen-bond donors (Lipinski definition) is 2. The molecule has 1 saturated heterocycles. The van der Waals surface area contributed by atoms with Crippen molar-refractivity contribution in [3.8, 4) is 6.07 Å². The van der Waals surface area contributed by atoms with Gasteiger partial charge in [-0.3, -0.25) is 0 Å². The molecule has 0 aliphatic carbocycles. The van der Waals surface area contributed by atoms with Crippen LogP contribution in [0.25, 0.3) is 0 Å². The maximum absolute atomic E-state index is 8.86. The first kappa shape index (κ1) is 11.8. The first-order valence-electron chi connectivity index (χ1n) is 5.95. The van der Waals surface area contributed by atoms with E-state index in [9.17, 15) is 0 Å². The Morgan fingerprint density at radius 3 is 3.06 bits per heavy atom. The maximum atomic E-state index is 8.86. The van der Waals surface area contributed by atoms with E-state index >= 15 is 0 Å². The fourth-order valence-corrected chi connectivity index (χ4v) is 2.10. The average Bonchev–Trinajstić information content (AvgIpc) is 2.31. The molecular weight excluding hydrogens is 214 g/mol. The van der Waals surface area contributed by atoms with Crippen molar-refractivity contribution in [3.05, 3.63) is 17.5 Å². The Bertz CT molecular complexity index is 437. The lowest BCUT2D eigenvalue weighted by molar-refractivity contribution is 0.388. The van der Waals surface area contributed by atoms with Crippen LogP contribution in [-0.2, 0) is 0 Å². The van der Waals surface area contributed by atoms with E-state index < -0.39 is 0 Å². The first-order chi connectivity index (χ1) is 8.19. The third-order valence-corrected chi connectivity index (χ3v) is 3.05. The molecule has 0 spiro atoms. The maximum Gasteiger partial charge on any atom is 0.224 e. The van der Waals surface area contributed by atoms with Crippen molar-refractivity contribution in [1.82, 2.24) is 15.3 Å². The minimum absolute atomic E-state index is 0.331. The molecule has 1 aromatic heterocycles. The monoisotopic (exact) mass is 231 g/mol. The van der Waals surface area contributed by atoms with Gasteiger partial charge in [0.15, 0.2) is 0 Å². The number of aromatic nitrogens is 2. The van der Waals surface area contributed by atoms with Gasteiger partial charge in [0.05, 0.1) is 0 Å². The summed E-state index contributed by atoms with van der Waals surface area (Å²) in [6, 6.07) is 4.47. The Morgan fingerprint density at radius 2 is 2.35 bits per heavy atom. The normalized spacial score (nSPS) is 24.1. The van der Waals surface area contributed by atoms with Crippen molar-refractivity contribution >= 4 is 5.95 Å². The molecule has 2 unspecified atom stereocenters. The Morgan fingerprint density at radius 1 is 1.53 bits per heavy atom. The summed E-state index contributed by atoms with van der Waals surface area (Å²) in [7, 11) is 0. The highest BCUT2D eigenvalue weighted by atomic mass is 15.1. The number of rotatable bonds is 2. The summed E-state index contributed by atoms with van der Waals surface area (Å²) in [4.78, 5) is 8.48. The fourth-order valence-electron chi connectivity index (χ4n) is 2.10. The molecule has 2 rings (SSSR count). The Balaban J connectivity index is 2.12. The van der Waals surface area contributed by atoms with Crippen LogP contribution in [0.5, 0.6) is 0 Å². The third-order valence-electron chi connectivity index (χ3n) is 3.05. The average molecular weight is 231 g/mol. The van der Waals surface area contributed by atoms with Crippen LogP contribution in [0.3, 0.4) is 0 Å². The zero-order chi connectivity index (χ0) is 12.3. The third kappa shape index (κ3) is 2.92. The van der Waals surface area contributed by atoms with Crippen LogP contribution in [0.4, 0.5) is 5.95 Å². The zero-order valence-corrected chi connectivity index (χ0v) is 10.2. The van der Waals surface area contributed by atoms with Gasteiger partial charge in [-0.15, -0.1) is 0 Å². The van der Waals surface area contributed by atoms with E-state index in [0.717, 1.165) is 25.1 Å². The van der Waals surface area contributed by atoms with E-state index in [4.69, 9.17) is 5.26 Å². The Kier molecular flexibility index (Phi) is 3.55. The lowest BCUT2D eigenvalue weighted by atomic mass is 10.0. The molecular formula is C12H17N5. The van der Waals surface area contributed by atoms with E-state index in [-0.39, 0.29) is 0 Å². The van der Waals surface area contributed by atoms with Crippen molar-refractivity contribution < 1.29 is 0 Å². The SMILES string of the molecule is Cc1cc(C#N)nc(NC2CCCNC2C)n1. The highest BCUT2D eigenvalue weighted by molar-refractivity contribution is 5.34. The summed E-state index contributed by atoms with van der Waals surface area (Å²) in [5, 5.41) is 15.6. The van der Waals surface area contributed by atoms with Crippen molar-refractivity contribution in [2.24, 2.45) is 0 Å². The van der Waals surface area contributed by atoms with E-state index in [0.29, 0.717) is 23.7 Å². The zero-order valence-electron chi connectivity index (χ0n) is 10.2. The fraction of sp³-hybridized carbons (Fsp3) is 0.583. The highest BCUT2D eigenvalue weighted by Gasteiger charge is 2.21. The molecule has 1 aliphatic heterocycles. The molecule has 2 atom stereocenters. The number of aryl methyl sites for hydroxylation is 1. The molecule has 0 amide bonds. The predicted octanol–water partition coefficient (Wildman–Crippen LogP) is 1.21. The molecule has 0 saturated carbocycles. The van der Waals surface area contributed by atoms with Crippen molar-refractivity contribution in [3.63, 3.8) is 0 Å². The van der Waals surface area contributed by atoms with Gasteiger partial charge in [-0.25, -0.2) is 9.97 Å². The summed E-state index contributed by atoms with van der Waals surface area (Å²) in [5.74, 6) is 0.558. The quantitative estimate of drug-likeness (QED) is 0.800. The van der Waals surface area contributed by atoms with Crippen LogP contribution in [0, 0.1) is 18.3 Å². The topological polar surface area (TPSA) is 73.6 Å². The van der Waals surface area contributed by atoms with Crippen LogP contribution >= 0.6 is 0 Å². The molecule has 5 heteroatoms. The van der Waals surface area contributed by atoms with Crippen LogP contribution in [0.15, 0.2) is 6.07 Å². The number of anilines is 1. The smallest absolute Gasteiger partial charge is 0.224 e. The summed E-state index contributed by atoms with van der Waals surface area (Å²) in [6.07, 6.45) is 2.26. The number of piperidine rings is 1. The second kappa shape index (κ2) is 5.11. The number of hydrogen-bond acceptors (Lipinski definition) is 5. The van der Waals surface area contributed by atoms with Gasteiger partial charge in [0.1, 0.15) is 11.8 Å². The molecule has 1 fully saturated rings. The van der Waals surface area contributed by atoms with Gasteiger partial charge in [-0.2, -0.15) is 5.26 Å². The van der Waals surface area contributed by atoms with E-state index in [2.05, 4.69) is 27.5 Å². The lowest BCUT2D eigenvalue weighted by Crippen LogP contribution is -2.46. The second-order valence-electron chi connectivity index (χ2n) is 4.47. The van der Waals surface area contributed by atoms with Gasteiger partial charge in [0, 0.05) is 17.8 Å². The van der Waals surface area contributed by atoms with Gasteiger partial charge < -0.3 is 10.6 Å². The van der Waals surface area contributed by atoms with Gasteiger partial charge in [-0.1, -0.05) is 0 Å². The molecule has 1 aromatic rings. The first-order valence-corrected chi connectivity index (χ1v) is 5.95. The van der Waals surface area contributed by atoms with Crippen LogP contribution < -0.4 is 10.6 Å². The van der Waals surface area contributed by atoms with Gasteiger partial charge >= 0.3 is 0 Å². The highest BCUT2D eigenvalue weighted by Crippen LogP contribution is 2.13. The molecule has 1 aliphatic rings. The molecule has 0 bridgehead atoms. The van der Waals surface area contributed by atoms with Crippen molar-refractivity contribution in [2.45, 2.75) is 38.8 Å². The number of nitrogens with one attached hydrogen (secondary N) is 2. The molecule has 17 heavy (non-hydrogen) atoms. The number of nitrogens with zero attached hydrogens (tertiary/aromatic N) is 3. The summed E-state index contributed by atoms with van der Waals surface area (Å²) >= 11 is 0. The van der Waals surface area contributed by atoms with Crippen LogP contribution in [-0.4, -0.2) is 28.6 Å². The van der Waals surface area contributed by atoms with E-state index in [1.54, 1.807) is 6.07 Å². The van der Waals surface area contributed by atoms with Gasteiger partial charge in [0.2, 0.25) is 5.95 Å². The summed E-state index contributed by atoms with van der Waals surface area (Å²) in [6.45, 7) is 5.09. The Hall–Kier alpha value is -1.67. The number of nitriles is 1. The Labute approximate surface area is 101 Å². The summed E-state index contributed by atoms with van der Waals surface area (Å²) < 4.78 is 0. The van der Waals surface area contributed by atoms with Crippen molar-refractivity contribution in [2.75, 3.05) is 11.9 Å². The van der Waals surface area contributed by atoms with Gasteiger partial charge in [-0.05, 0) is 39.3 Å². The predicted molar refractivity (Wildman–Crippen MR) is 65.6 cm³/mol. The standard InChI is InChI=1S/C12H17N5/c1-8-6-10(7-13)16-12(15-8)17-11-4-3-5-14-9(11)2/h6,9,11,14H,3-5H2,1-2H3,(H,15,16,17). The largest absolute Gasteiger partial charge is 0.350 e. The minimum Gasteiger partial charge on any atom is -0.350 e. The summed E-state index contributed by atoms with van der Waals surface area (Å²) in [5.41, 5.74) is 1.23. The molecule has 0 aromatic carbocycles. The molecule has 2 heterocycles. The van der Waals surface area contributed by atoms with Crippen LogP contribution in [0.2, 0.25) is 0 Å². The van der Waals surface area contributed by atoms with E-state index in [1.807, 2.05) is 13.0 Å².